The maximum atomic E-state index is 12.8. The highest BCUT2D eigenvalue weighted by molar-refractivity contribution is 7.15. The molecule has 1 aromatic carbocycles. The second-order valence-corrected chi connectivity index (χ2v) is 7.51. The Kier molecular flexibility index (Phi) is 4.66. The Hall–Kier alpha value is -2.21. The van der Waals surface area contributed by atoms with E-state index in [2.05, 4.69) is 10.3 Å². The third-order valence-electron chi connectivity index (χ3n) is 4.47. The second kappa shape index (κ2) is 6.73. The van der Waals surface area contributed by atoms with Gasteiger partial charge in [0.25, 0.3) is 0 Å². The molecule has 1 aliphatic rings. The zero-order valence-electron chi connectivity index (χ0n) is 14.1. The molecule has 1 fully saturated rings. The van der Waals surface area contributed by atoms with E-state index in [1.54, 1.807) is 18.1 Å². The molecule has 5 nitrogen and oxygen atoms in total. The Labute approximate surface area is 145 Å². The Morgan fingerprint density at radius 1 is 1.29 bits per heavy atom. The molecule has 0 saturated carbocycles. The molecule has 1 aromatic heterocycles. The summed E-state index contributed by atoms with van der Waals surface area (Å²) in [6.45, 7) is 3.98. The second-order valence-electron chi connectivity index (χ2n) is 6.27. The van der Waals surface area contributed by atoms with Gasteiger partial charge in [-0.1, -0.05) is 29.8 Å². The van der Waals surface area contributed by atoms with Crippen molar-refractivity contribution in [1.82, 2.24) is 9.88 Å². The summed E-state index contributed by atoms with van der Waals surface area (Å²) in [5, 5.41) is 3.52. The van der Waals surface area contributed by atoms with Crippen molar-refractivity contribution in [3.63, 3.8) is 0 Å². The number of rotatable bonds is 3. The number of likely N-dealkylation sites (tertiary alicyclic amines) is 1. The fraction of sp³-hybridized carbons (Fsp3) is 0.389. The molecule has 2 aromatic rings. The van der Waals surface area contributed by atoms with Crippen LogP contribution in [0.25, 0.3) is 0 Å². The van der Waals surface area contributed by atoms with Gasteiger partial charge in [-0.15, -0.1) is 11.3 Å². The van der Waals surface area contributed by atoms with Crippen LogP contribution in [-0.4, -0.2) is 28.7 Å². The van der Waals surface area contributed by atoms with Gasteiger partial charge in [-0.2, -0.15) is 0 Å². The van der Waals surface area contributed by atoms with Crippen molar-refractivity contribution in [1.29, 1.82) is 0 Å². The molecule has 0 bridgehead atoms. The number of anilines is 1. The number of nitrogens with one attached hydrogen (secondary N) is 1. The third-order valence-corrected chi connectivity index (χ3v) is 5.30. The zero-order chi connectivity index (χ0) is 17.3. The number of amides is 2. The third kappa shape index (κ3) is 3.33. The quantitative estimate of drug-likeness (QED) is 0.930. The lowest BCUT2D eigenvalue weighted by Crippen LogP contribution is -2.44. The number of benzene rings is 1. The van der Waals surface area contributed by atoms with Crippen LogP contribution in [0.5, 0.6) is 0 Å². The Morgan fingerprint density at radius 2 is 2.00 bits per heavy atom. The SMILES string of the molecule is Cc1ccc([C@H]2[C@H](C(=O)Nc3ncc(C)s3)CCC(=O)N2C)cc1. The average molecular weight is 343 g/mol. The number of carbonyl (C=O) groups excluding carboxylic acids is 2. The molecule has 2 heterocycles. The number of nitrogens with zero attached hydrogens (tertiary/aromatic N) is 2. The standard InChI is InChI=1S/C18H21N3O2S/c1-11-4-6-13(7-5-11)16-14(8-9-15(22)21(16)3)17(23)20-18-19-10-12(2)24-18/h4-7,10,14,16H,8-9H2,1-3H3,(H,19,20,23)/t14-,16+/m1/s1. The smallest absolute Gasteiger partial charge is 0.231 e. The molecule has 0 radical (unpaired) electrons. The van der Waals surface area contributed by atoms with Crippen LogP contribution in [0.3, 0.4) is 0 Å². The van der Waals surface area contributed by atoms with E-state index in [1.165, 1.54) is 11.3 Å². The molecule has 0 spiro atoms. The molecule has 1 aliphatic heterocycles. The van der Waals surface area contributed by atoms with E-state index >= 15 is 0 Å². The number of hydrogen-bond donors (Lipinski definition) is 1. The summed E-state index contributed by atoms with van der Waals surface area (Å²) in [5.74, 6) is -0.274. The first-order valence-electron chi connectivity index (χ1n) is 8.01. The lowest BCUT2D eigenvalue weighted by Gasteiger charge is -2.38. The first-order valence-corrected chi connectivity index (χ1v) is 8.83. The van der Waals surface area contributed by atoms with E-state index in [0.29, 0.717) is 18.0 Å². The number of thiazole rings is 1. The predicted molar refractivity (Wildman–Crippen MR) is 94.9 cm³/mol. The average Bonchev–Trinajstić information content (AvgIpc) is 2.96. The first kappa shape index (κ1) is 16.6. The van der Waals surface area contributed by atoms with Gasteiger partial charge in [-0.05, 0) is 25.8 Å². The van der Waals surface area contributed by atoms with Gasteiger partial charge < -0.3 is 10.2 Å². The Bertz CT molecular complexity index is 754. The van der Waals surface area contributed by atoms with Crippen molar-refractivity contribution in [2.45, 2.75) is 32.7 Å². The van der Waals surface area contributed by atoms with Crippen LogP contribution in [0.4, 0.5) is 5.13 Å². The van der Waals surface area contributed by atoms with E-state index < -0.39 is 0 Å². The summed E-state index contributed by atoms with van der Waals surface area (Å²) in [6, 6.07) is 7.79. The van der Waals surface area contributed by atoms with E-state index in [1.807, 2.05) is 38.1 Å². The lowest BCUT2D eigenvalue weighted by atomic mass is 9.84. The minimum Gasteiger partial charge on any atom is -0.338 e. The fourth-order valence-electron chi connectivity index (χ4n) is 3.14. The lowest BCUT2D eigenvalue weighted by molar-refractivity contribution is -0.140. The van der Waals surface area contributed by atoms with Crippen molar-refractivity contribution in [3.05, 3.63) is 46.5 Å². The van der Waals surface area contributed by atoms with Crippen LogP contribution < -0.4 is 5.32 Å². The normalized spacial score (nSPS) is 21.0. The van der Waals surface area contributed by atoms with Crippen molar-refractivity contribution < 1.29 is 9.59 Å². The number of piperidine rings is 1. The summed E-state index contributed by atoms with van der Waals surface area (Å²) in [5.41, 5.74) is 2.15. The summed E-state index contributed by atoms with van der Waals surface area (Å²) in [6.07, 6.45) is 2.69. The largest absolute Gasteiger partial charge is 0.338 e. The minimum absolute atomic E-state index is 0.0747. The van der Waals surface area contributed by atoms with Crippen molar-refractivity contribution >= 4 is 28.3 Å². The molecule has 2 amide bonds. The van der Waals surface area contributed by atoms with Crippen LogP contribution in [0, 0.1) is 19.8 Å². The summed E-state index contributed by atoms with van der Waals surface area (Å²) in [7, 11) is 1.78. The molecule has 2 atom stereocenters. The monoisotopic (exact) mass is 343 g/mol. The molecular weight excluding hydrogens is 322 g/mol. The van der Waals surface area contributed by atoms with E-state index in [4.69, 9.17) is 0 Å². The molecular formula is C18H21N3O2S. The zero-order valence-corrected chi connectivity index (χ0v) is 14.9. The molecule has 126 valence electrons. The molecule has 1 N–H and O–H groups in total. The van der Waals surface area contributed by atoms with Gasteiger partial charge in [-0.3, -0.25) is 9.59 Å². The van der Waals surface area contributed by atoms with Gasteiger partial charge in [-0.25, -0.2) is 4.98 Å². The predicted octanol–water partition coefficient (Wildman–Crippen LogP) is 3.31. The van der Waals surface area contributed by atoms with Crippen LogP contribution in [0.15, 0.2) is 30.5 Å². The summed E-state index contributed by atoms with van der Waals surface area (Å²) < 4.78 is 0. The summed E-state index contributed by atoms with van der Waals surface area (Å²) in [4.78, 5) is 31.9. The Balaban J connectivity index is 1.86. The number of aromatic nitrogens is 1. The maximum Gasteiger partial charge on any atom is 0.231 e. The van der Waals surface area contributed by atoms with Crippen molar-refractivity contribution in [2.75, 3.05) is 12.4 Å². The van der Waals surface area contributed by atoms with Crippen LogP contribution in [-0.2, 0) is 9.59 Å². The fourth-order valence-corrected chi connectivity index (χ4v) is 3.81. The van der Waals surface area contributed by atoms with Crippen molar-refractivity contribution in [2.24, 2.45) is 5.92 Å². The van der Waals surface area contributed by atoms with Crippen LogP contribution >= 0.6 is 11.3 Å². The van der Waals surface area contributed by atoms with E-state index in [0.717, 1.165) is 16.0 Å². The number of carbonyl (C=O) groups is 2. The molecule has 6 heteroatoms. The molecule has 3 rings (SSSR count). The molecule has 1 saturated heterocycles. The van der Waals surface area contributed by atoms with E-state index in [-0.39, 0.29) is 23.8 Å². The van der Waals surface area contributed by atoms with Gasteiger partial charge in [0.05, 0.1) is 12.0 Å². The highest BCUT2D eigenvalue weighted by atomic mass is 32.1. The molecule has 24 heavy (non-hydrogen) atoms. The van der Waals surface area contributed by atoms with Gasteiger partial charge in [0.15, 0.2) is 5.13 Å². The van der Waals surface area contributed by atoms with Gasteiger partial charge >= 0.3 is 0 Å². The Morgan fingerprint density at radius 3 is 2.62 bits per heavy atom. The number of aryl methyl sites for hydroxylation is 2. The highest BCUT2D eigenvalue weighted by Crippen LogP contribution is 2.36. The number of hydrogen-bond acceptors (Lipinski definition) is 4. The van der Waals surface area contributed by atoms with Crippen LogP contribution in [0.2, 0.25) is 0 Å². The molecule has 0 unspecified atom stereocenters. The molecule has 0 aliphatic carbocycles. The van der Waals surface area contributed by atoms with Gasteiger partial charge in [0, 0.05) is 24.5 Å². The van der Waals surface area contributed by atoms with Crippen LogP contribution in [0.1, 0.15) is 34.9 Å². The maximum absolute atomic E-state index is 12.8. The van der Waals surface area contributed by atoms with Gasteiger partial charge in [0.2, 0.25) is 11.8 Å². The topological polar surface area (TPSA) is 62.3 Å². The highest BCUT2D eigenvalue weighted by Gasteiger charge is 2.39. The van der Waals surface area contributed by atoms with Crippen molar-refractivity contribution in [3.8, 4) is 0 Å². The first-order chi connectivity index (χ1) is 11.5. The van der Waals surface area contributed by atoms with E-state index in [9.17, 15) is 9.59 Å². The summed E-state index contributed by atoms with van der Waals surface area (Å²) >= 11 is 1.46. The van der Waals surface area contributed by atoms with Gasteiger partial charge in [0.1, 0.15) is 0 Å². The minimum atomic E-state index is -0.278.